The fourth-order valence-corrected chi connectivity index (χ4v) is 9.83. The molecule has 0 amide bonds. The van der Waals surface area contributed by atoms with Crippen molar-refractivity contribution in [2.24, 2.45) is 0 Å². The van der Waals surface area contributed by atoms with E-state index in [2.05, 4.69) is 81.5 Å². The highest BCUT2D eigenvalue weighted by atomic mass is 16.6. The predicted octanol–water partition coefficient (Wildman–Crippen LogP) is 22.7. The van der Waals surface area contributed by atoms with Gasteiger partial charge in [-0.1, -0.05) is 326 Å². The van der Waals surface area contributed by atoms with Gasteiger partial charge in [-0.3, -0.25) is 14.4 Å². The van der Waals surface area contributed by atoms with E-state index >= 15 is 0 Å². The molecular formula is C70H126O6. The number of rotatable bonds is 61. The Morgan fingerprint density at radius 2 is 0.513 bits per heavy atom. The third kappa shape index (κ3) is 62.0. The van der Waals surface area contributed by atoms with Gasteiger partial charge >= 0.3 is 17.9 Å². The van der Waals surface area contributed by atoms with Crippen molar-refractivity contribution in [3.05, 3.63) is 60.8 Å². The van der Waals surface area contributed by atoms with Crippen LogP contribution in [-0.2, 0) is 28.6 Å². The van der Waals surface area contributed by atoms with Gasteiger partial charge in [0.05, 0.1) is 0 Å². The highest BCUT2D eigenvalue weighted by Crippen LogP contribution is 2.18. The number of hydrogen-bond donors (Lipinski definition) is 0. The predicted molar refractivity (Wildman–Crippen MR) is 330 cm³/mol. The fraction of sp³-hybridized carbons (Fsp3) is 0.814. The van der Waals surface area contributed by atoms with Gasteiger partial charge in [-0.05, 0) is 64.2 Å². The molecule has 0 radical (unpaired) electrons. The first-order valence-electron chi connectivity index (χ1n) is 33.3. The molecule has 6 nitrogen and oxygen atoms in total. The summed E-state index contributed by atoms with van der Waals surface area (Å²) >= 11 is 0. The topological polar surface area (TPSA) is 78.9 Å². The molecule has 0 fully saturated rings. The van der Waals surface area contributed by atoms with Gasteiger partial charge in [0, 0.05) is 19.3 Å². The van der Waals surface area contributed by atoms with Crippen molar-refractivity contribution < 1.29 is 28.6 Å². The standard InChI is InChI=1S/C70H126O6/c1-4-7-10-13-15-17-19-21-23-25-27-28-29-30-31-32-33-34-35-36-37-38-39-40-41-43-44-46-48-50-52-54-57-60-63-69(72)75-66-67(65-74-68(71)62-59-56-12-9-6-3)76-70(73)64-61-58-55-53-51-49-47-45-42-26-24-22-20-18-16-14-11-8-5-2/h8,11,16,18,22,24,42,45,49,51,67H,4-7,9-10,12-15,17,19-21,23,25-41,43-44,46-48,50,52-66H2,1-3H3/b11-8-,18-16-,24-22-,45-42-,51-49-. The lowest BCUT2D eigenvalue weighted by Gasteiger charge is -2.18. The van der Waals surface area contributed by atoms with Crippen molar-refractivity contribution in [2.75, 3.05) is 13.2 Å². The number of hydrogen-bond acceptors (Lipinski definition) is 6. The minimum Gasteiger partial charge on any atom is -0.462 e. The summed E-state index contributed by atoms with van der Waals surface area (Å²) in [5, 5.41) is 0. The van der Waals surface area contributed by atoms with E-state index < -0.39 is 6.10 Å². The van der Waals surface area contributed by atoms with Gasteiger partial charge in [0.1, 0.15) is 13.2 Å². The van der Waals surface area contributed by atoms with Gasteiger partial charge < -0.3 is 14.2 Å². The van der Waals surface area contributed by atoms with Crippen LogP contribution in [0.2, 0.25) is 0 Å². The minimum absolute atomic E-state index is 0.0852. The summed E-state index contributed by atoms with van der Waals surface area (Å²) in [6.45, 7) is 6.45. The Morgan fingerprint density at radius 3 is 0.803 bits per heavy atom. The average molecular weight is 1060 g/mol. The molecule has 0 aliphatic rings. The lowest BCUT2D eigenvalue weighted by Crippen LogP contribution is -2.30. The number of allylic oxidation sites excluding steroid dienone is 10. The van der Waals surface area contributed by atoms with E-state index in [0.29, 0.717) is 19.3 Å². The SMILES string of the molecule is CC/C=C\C/C=C\C/C=C\C/C=C\C/C=C\CCCCCC(=O)OC(COC(=O)CCCCCCC)COC(=O)CCCCCCCCCCCCCCCCCCCCCCCCCCCCCCCCCCCC. The maximum Gasteiger partial charge on any atom is 0.306 e. The van der Waals surface area contributed by atoms with E-state index in [9.17, 15) is 14.4 Å². The molecule has 0 saturated carbocycles. The summed E-state index contributed by atoms with van der Waals surface area (Å²) < 4.78 is 16.7. The first-order chi connectivity index (χ1) is 37.5. The molecule has 0 N–H and O–H groups in total. The minimum atomic E-state index is -0.787. The lowest BCUT2D eigenvalue weighted by atomic mass is 10.0. The van der Waals surface area contributed by atoms with E-state index in [0.717, 1.165) is 103 Å². The van der Waals surface area contributed by atoms with Gasteiger partial charge in [0.2, 0.25) is 0 Å². The van der Waals surface area contributed by atoms with Crippen molar-refractivity contribution in [1.82, 2.24) is 0 Å². The van der Waals surface area contributed by atoms with Crippen LogP contribution in [0.1, 0.15) is 348 Å². The number of esters is 3. The number of ether oxygens (including phenoxy) is 3. The maximum atomic E-state index is 12.8. The Morgan fingerprint density at radius 1 is 0.276 bits per heavy atom. The molecule has 0 aromatic carbocycles. The van der Waals surface area contributed by atoms with E-state index in [1.165, 1.54) is 205 Å². The van der Waals surface area contributed by atoms with Gasteiger partial charge in [-0.2, -0.15) is 0 Å². The summed E-state index contributed by atoms with van der Waals surface area (Å²) in [4.78, 5) is 37.9. The molecule has 0 spiro atoms. The van der Waals surface area contributed by atoms with Gasteiger partial charge in [0.25, 0.3) is 0 Å². The average Bonchev–Trinajstić information content (AvgIpc) is 3.42. The Labute approximate surface area is 472 Å². The third-order valence-corrected chi connectivity index (χ3v) is 14.8. The molecule has 1 atom stereocenters. The van der Waals surface area contributed by atoms with Crippen LogP contribution in [-0.4, -0.2) is 37.2 Å². The summed E-state index contributed by atoms with van der Waals surface area (Å²) in [6.07, 6.45) is 83.2. The van der Waals surface area contributed by atoms with Crippen LogP contribution in [0, 0.1) is 0 Å². The van der Waals surface area contributed by atoms with Crippen LogP contribution in [0.15, 0.2) is 60.8 Å². The fourth-order valence-electron chi connectivity index (χ4n) is 9.83. The highest BCUT2D eigenvalue weighted by Gasteiger charge is 2.19. The van der Waals surface area contributed by atoms with E-state index in [-0.39, 0.29) is 31.1 Å². The van der Waals surface area contributed by atoms with Crippen LogP contribution in [0.5, 0.6) is 0 Å². The molecular weight excluding hydrogens is 937 g/mol. The smallest absolute Gasteiger partial charge is 0.306 e. The Balaban J connectivity index is 3.92. The highest BCUT2D eigenvalue weighted by molar-refractivity contribution is 5.71. The number of carbonyl (C=O) groups is 3. The second-order valence-corrected chi connectivity index (χ2v) is 22.4. The summed E-state index contributed by atoms with van der Waals surface area (Å²) in [5.41, 5.74) is 0. The molecule has 0 rings (SSSR count). The summed E-state index contributed by atoms with van der Waals surface area (Å²) in [5.74, 6) is -0.919. The Hall–Kier alpha value is -2.89. The first kappa shape index (κ1) is 73.1. The monoisotopic (exact) mass is 1060 g/mol. The first-order valence-corrected chi connectivity index (χ1v) is 33.3. The molecule has 0 heterocycles. The quantitative estimate of drug-likeness (QED) is 0.0261. The van der Waals surface area contributed by atoms with Gasteiger partial charge in [-0.25, -0.2) is 0 Å². The molecule has 76 heavy (non-hydrogen) atoms. The van der Waals surface area contributed by atoms with Crippen molar-refractivity contribution in [3.8, 4) is 0 Å². The van der Waals surface area contributed by atoms with E-state index in [4.69, 9.17) is 14.2 Å². The zero-order valence-corrected chi connectivity index (χ0v) is 50.8. The Kier molecular flexibility index (Phi) is 62.2. The lowest BCUT2D eigenvalue weighted by molar-refractivity contribution is -0.167. The molecule has 0 saturated heterocycles. The van der Waals surface area contributed by atoms with Crippen molar-refractivity contribution in [1.29, 1.82) is 0 Å². The second-order valence-electron chi connectivity index (χ2n) is 22.4. The van der Waals surface area contributed by atoms with Crippen molar-refractivity contribution >= 4 is 17.9 Å². The van der Waals surface area contributed by atoms with Crippen LogP contribution < -0.4 is 0 Å². The molecule has 0 aromatic rings. The normalized spacial score (nSPS) is 12.4. The van der Waals surface area contributed by atoms with Gasteiger partial charge in [0.15, 0.2) is 6.10 Å². The van der Waals surface area contributed by atoms with E-state index in [1.807, 2.05) is 0 Å². The molecule has 0 aliphatic carbocycles. The van der Waals surface area contributed by atoms with Crippen LogP contribution in [0.4, 0.5) is 0 Å². The molecule has 6 heteroatoms. The number of unbranched alkanes of at least 4 members (excludes halogenated alkanes) is 40. The zero-order valence-electron chi connectivity index (χ0n) is 50.8. The van der Waals surface area contributed by atoms with Crippen LogP contribution in [0.25, 0.3) is 0 Å². The van der Waals surface area contributed by atoms with Crippen LogP contribution >= 0.6 is 0 Å². The van der Waals surface area contributed by atoms with Gasteiger partial charge in [-0.15, -0.1) is 0 Å². The second kappa shape index (κ2) is 64.6. The number of carbonyl (C=O) groups excluding carboxylic acids is 3. The summed E-state index contributed by atoms with van der Waals surface area (Å²) in [6, 6.07) is 0. The molecule has 1 unspecified atom stereocenters. The molecule has 0 aliphatic heterocycles. The zero-order chi connectivity index (χ0) is 55.0. The largest absolute Gasteiger partial charge is 0.462 e. The Bertz CT molecular complexity index is 1360. The summed E-state index contributed by atoms with van der Waals surface area (Å²) in [7, 11) is 0. The van der Waals surface area contributed by atoms with Crippen molar-refractivity contribution in [2.45, 2.75) is 354 Å². The molecule has 0 bridgehead atoms. The van der Waals surface area contributed by atoms with E-state index in [1.54, 1.807) is 0 Å². The third-order valence-electron chi connectivity index (χ3n) is 14.8. The maximum absolute atomic E-state index is 12.8. The van der Waals surface area contributed by atoms with Crippen molar-refractivity contribution in [3.63, 3.8) is 0 Å². The van der Waals surface area contributed by atoms with Crippen LogP contribution in [0.3, 0.4) is 0 Å². The molecule has 0 aromatic heterocycles. The molecule has 442 valence electrons.